The maximum Gasteiger partial charge on any atom is 2.00 e. The SMILES string of the molecule is CCCc1nn(-c2[c-]c(Oc3[c-]c4c(cc3)c3ccccc3n4-c3cc(C)ccn3)ccc2)c(CCC)c1-c1c(OC)cccc1OC.[Pd+2]. The van der Waals surface area contributed by atoms with E-state index in [0.717, 1.165) is 98.6 Å². The van der Waals surface area contributed by atoms with Crippen LogP contribution in [0, 0.1) is 19.1 Å². The molecule has 4 aromatic carbocycles. The van der Waals surface area contributed by atoms with E-state index in [1.165, 1.54) is 0 Å². The summed E-state index contributed by atoms with van der Waals surface area (Å²) >= 11 is 0. The molecule has 3 aromatic heterocycles. The number of pyridine rings is 1. The van der Waals surface area contributed by atoms with Gasteiger partial charge in [0.15, 0.2) is 0 Å². The standard InChI is InChI=1S/C41H38N4O3.Pd/c1-6-12-33-40(41-37(46-4)18-11-19-38(41)47-5)35(13-7-2)45(43-33)28-14-10-15-29(25-28)48-30-20-21-32-31-16-8-9-17-34(31)44(36(32)26-30)39-24-27(3)22-23-42-39;/h8-11,14-24H,6-7,12-13H2,1-5H3;/q-2;+2. The largest absolute Gasteiger partial charge is 2.00 e. The molecule has 0 atom stereocenters. The number of para-hydroxylation sites is 1. The Kier molecular flexibility index (Phi) is 10.2. The fourth-order valence-electron chi connectivity index (χ4n) is 6.52. The smallest absolute Gasteiger partial charge is 0.509 e. The van der Waals surface area contributed by atoms with Crippen molar-refractivity contribution >= 4 is 21.8 Å². The van der Waals surface area contributed by atoms with Crippen LogP contribution in [0.2, 0.25) is 0 Å². The van der Waals surface area contributed by atoms with Crippen LogP contribution in [-0.4, -0.2) is 33.6 Å². The Labute approximate surface area is 301 Å². The van der Waals surface area contributed by atoms with Crippen molar-refractivity contribution in [2.45, 2.75) is 46.5 Å². The molecule has 0 aliphatic carbocycles. The summed E-state index contributed by atoms with van der Waals surface area (Å²) in [5.74, 6) is 3.53. The predicted molar refractivity (Wildman–Crippen MR) is 191 cm³/mol. The third kappa shape index (κ3) is 6.35. The molecule has 49 heavy (non-hydrogen) atoms. The fraction of sp³-hybridized carbons (Fsp3) is 0.220. The van der Waals surface area contributed by atoms with E-state index in [1.807, 2.05) is 59.4 Å². The van der Waals surface area contributed by atoms with Crippen molar-refractivity contribution in [2.75, 3.05) is 14.2 Å². The third-order valence-corrected chi connectivity index (χ3v) is 8.59. The second-order valence-electron chi connectivity index (χ2n) is 11.8. The van der Waals surface area contributed by atoms with Gasteiger partial charge in [-0.1, -0.05) is 56.5 Å². The number of aryl methyl sites for hydroxylation is 2. The molecule has 0 saturated carbocycles. The number of ether oxygens (including phenoxy) is 3. The summed E-state index contributed by atoms with van der Waals surface area (Å²) in [6.45, 7) is 6.43. The maximum absolute atomic E-state index is 6.48. The first kappa shape index (κ1) is 34.0. The molecule has 0 fully saturated rings. The zero-order valence-corrected chi connectivity index (χ0v) is 29.9. The van der Waals surface area contributed by atoms with Gasteiger partial charge in [0, 0.05) is 28.8 Å². The van der Waals surface area contributed by atoms with Crippen molar-refractivity contribution in [3.63, 3.8) is 0 Å². The molecule has 3 heterocycles. The summed E-state index contributed by atoms with van der Waals surface area (Å²) in [6, 6.07) is 35.4. The van der Waals surface area contributed by atoms with E-state index in [-0.39, 0.29) is 20.4 Å². The molecule has 0 spiro atoms. The fourth-order valence-corrected chi connectivity index (χ4v) is 6.52. The average Bonchev–Trinajstić information content (AvgIpc) is 3.63. The molecule has 0 unspecified atom stereocenters. The monoisotopic (exact) mass is 740 g/mol. The van der Waals surface area contributed by atoms with E-state index < -0.39 is 0 Å². The minimum absolute atomic E-state index is 0. The van der Waals surface area contributed by atoms with E-state index in [2.05, 4.69) is 73.9 Å². The number of benzene rings is 4. The quantitative estimate of drug-likeness (QED) is 0.0977. The van der Waals surface area contributed by atoms with E-state index in [9.17, 15) is 0 Å². The van der Waals surface area contributed by atoms with Crippen LogP contribution in [0.15, 0.2) is 91.1 Å². The molecule has 8 heteroatoms. The Morgan fingerprint density at radius 1 is 0.735 bits per heavy atom. The van der Waals surface area contributed by atoms with Gasteiger partial charge in [0.25, 0.3) is 0 Å². The topological polar surface area (TPSA) is 63.3 Å². The van der Waals surface area contributed by atoms with Crippen LogP contribution in [0.3, 0.4) is 0 Å². The molecule has 0 saturated heterocycles. The third-order valence-electron chi connectivity index (χ3n) is 8.59. The van der Waals surface area contributed by atoms with Crippen LogP contribution in [0.4, 0.5) is 0 Å². The molecular formula is C41H38N4O3Pd. The molecule has 0 amide bonds. The number of methoxy groups -OCH3 is 2. The van der Waals surface area contributed by atoms with E-state index in [1.54, 1.807) is 14.2 Å². The van der Waals surface area contributed by atoms with Gasteiger partial charge in [-0.2, -0.15) is 17.2 Å². The maximum atomic E-state index is 6.48. The van der Waals surface area contributed by atoms with Crippen LogP contribution < -0.4 is 14.2 Å². The molecule has 0 bridgehead atoms. The van der Waals surface area contributed by atoms with Gasteiger partial charge in [-0.15, -0.1) is 35.7 Å². The summed E-state index contributed by atoms with van der Waals surface area (Å²) in [7, 11) is 3.39. The minimum atomic E-state index is 0. The second kappa shape index (κ2) is 14.7. The Hall–Kier alpha value is -4.90. The van der Waals surface area contributed by atoms with Crippen molar-refractivity contribution in [1.29, 1.82) is 0 Å². The van der Waals surface area contributed by atoms with E-state index in [0.29, 0.717) is 11.5 Å². The van der Waals surface area contributed by atoms with Gasteiger partial charge in [-0.05, 0) is 66.7 Å². The first-order chi connectivity index (χ1) is 23.5. The van der Waals surface area contributed by atoms with Crippen molar-refractivity contribution in [1.82, 2.24) is 19.3 Å². The molecular weight excluding hydrogens is 703 g/mol. The zero-order valence-electron chi connectivity index (χ0n) is 28.3. The summed E-state index contributed by atoms with van der Waals surface area (Å²) in [5, 5.41) is 7.41. The number of hydrogen-bond donors (Lipinski definition) is 0. The van der Waals surface area contributed by atoms with Gasteiger partial charge >= 0.3 is 20.4 Å². The van der Waals surface area contributed by atoms with Crippen molar-refractivity contribution in [2.24, 2.45) is 0 Å². The summed E-state index contributed by atoms with van der Waals surface area (Å²) in [4.78, 5) is 4.70. The van der Waals surface area contributed by atoms with Crippen LogP contribution in [0.5, 0.6) is 23.0 Å². The molecule has 0 aliphatic heterocycles. The summed E-state index contributed by atoms with van der Waals surface area (Å²) in [5.41, 5.74) is 7.98. The normalized spacial score (nSPS) is 11.1. The molecule has 0 N–H and O–H groups in total. The Morgan fingerprint density at radius 3 is 2.20 bits per heavy atom. The van der Waals surface area contributed by atoms with Crippen LogP contribution >= 0.6 is 0 Å². The molecule has 0 radical (unpaired) electrons. The number of rotatable bonds is 11. The minimum Gasteiger partial charge on any atom is -0.509 e. The van der Waals surface area contributed by atoms with Crippen molar-refractivity contribution < 1.29 is 34.6 Å². The Morgan fingerprint density at radius 2 is 1.47 bits per heavy atom. The van der Waals surface area contributed by atoms with Crippen LogP contribution in [0.1, 0.15) is 43.6 Å². The van der Waals surface area contributed by atoms with Gasteiger partial charge in [-0.25, -0.2) is 4.98 Å². The number of nitrogens with zero attached hydrogens (tertiary/aromatic N) is 4. The number of fused-ring (bicyclic) bond motifs is 3. The van der Waals surface area contributed by atoms with Gasteiger partial charge in [0.2, 0.25) is 0 Å². The van der Waals surface area contributed by atoms with Gasteiger partial charge < -0.3 is 18.8 Å². The molecule has 7 aromatic rings. The number of aromatic nitrogens is 4. The molecule has 0 aliphatic rings. The first-order valence-electron chi connectivity index (χ1n) is 16.5. The van der Waals surface area contributed by atoms with Crippen LogP contribution in [-0.2, 0) is 33.3 Å². The summed E-state index contributed by atoms with van der Waals surface area (Å²) in [6.07, 6.45) is 5.36. The second-order valence-corrected chi connectivity index (χ2v) is 11.8. The predicted octanol–water partition coefficient (Wildman–Crippen LogP) is 9.65. The first-order valence-corrected chi connectivity index (χ1v) is 16.5. The van der Waals surface area contributed by atoms with Crippen molar-refractivity contribution in [3.8, 4) is 45.6 Å². The van der Waals surface area contributed by atoms with Gasteiger partial charge in [-0.3, -0.25) is 4.68 Å². The van der Waals surface area contributed by atoms with Crippen molar-refractivity contribution in [3.05, 3.63) is 120 Å². The molecule has 250 valence electrons. The number of hydrogen-bond acceptors (Lipinski definition) is 5. The van der Waals surface area contributed by atoms with E-state index >= 15 is 0 Å². The summed E-state index contributed by atoms with van der Waals surface area (Å²) < 4.78 is 22.3. The molecule has 7 nitrogen and oxygen atoms in total. The average molecular weight is 741 g/mol. The van der Waals surface area contributed by atoms with Gasteiger partial charge in [0.05, 0.1) is 31.2 Å². The Bertz CT molecular complexity index is 2230. The molecule has 7 rings (SSSR count). The Balaban J connectivity index is 0.00000417. The zero-order chi connectivity index (χ0) is 33.2. The van der Waals surface area contributed by atoms with Gasteiger partial charge in [0.1, 0.15) is 17.3 Å². The van der Waals surface area contributed by atoms with Crippen LogP contribution in [0.25, 0.3) is 44.4 Å². The van der Waals surface area contributed by atoms with E-state index in [4.69, 9.17) is 24.3 Å².